The third-order valence-corrected chi connectivity index (χ3v) is 4.62. The van der Waals surface area contributed by atoms with Gasteiger partial charge < -0.3 is 9.47 Å². The Morgan fingerprint density at radius 1 is 1.03 bits per heavy atom. The van der Waals surface area contributed by atoms with E-state index in [9.17, 15) is 23.3 Å². The van der Waals surface area contributed by atoms with Crippen LogP contribution in [0.3, 0.4) is 0 Å². The molecule has 0 aliphatic carbocycles. The number of benzene rings is 1. The Morgan fingerprint density at radius 3 is 2.33 bits per heavy atom. The van der Waals surface area contributed by atoms with Gasteiger partial charge in [0, 0.05) is 11.6 Å². The summed E-state index contributed by atoms with van der Waals surface area (Å²) in [6.07, 6.45) is -3.70. The SMILES string of the molecule is COc1ccc(-c2cc(C(F)(F)F)nc(Sc3ccc([N+](=O)[O-])cn3)n2)cc1OC. The number of rotatable bonds is 6. The van der Waals surface area contributed by atoms with Crippen molar-refractivity contribution in [1.82, 2.24) is 15.0 Å². The van der Waals surface area contributed by atoms with Gasteiger partial charge in [-0.3, -0.25) is 10.1 Å². The number of hydrogen-bond acceptors (Lipinski definition) is 8. The fourth-order valence-electron chi connectivity index (χ4n) is 2.39. The van der Waals surface area contributed by atoms with Gasteiger partial charge in [0.2, 0.25) is 0 Å². The second kappa shape index (κ2) is 8.53. The second-order valence-corrected chi connectivity index (χ2v) is 6.69. The lowest BCUT2D eigenvalue weighted by molar-refractivity contribution is -0.385. The highest BCUT2D eigenvalue weighted by atomic mass is 32.2. The first kappa shape index (κ1) is 21.3. The molecule has 3 aromatic rings. The topological polar surface area (TPSA) is 100 Å². The minimum atomic E-state index is -4.70. The van der Waals surface area contributed by atoms with Gasteiger partial charge in [-0.2, -0.15) is 13.2 Å². The molecule has 12 heteroatoms. The van der Waals surface area contributed by atoms with E-state index in [2.05, 4.69) is 15.0 Å². The number of ether oxygens (including phenoxy) is 2. The number of aromatic nitrogens is 3. The van der Waals surface area contributed by atoms with Crippen molar-refractivity contribution < 1.29 is 27.6 Å². The van der Waals surface area contributed by atoms with Gasteiger partial charge in [-0.25, -0.2) is 15.0 Å². The molecule has 0 spiro atoms. The fourth-order valence-corrected chi connectivity index (χ4v) is 3.11. The average Bonchev–Trinajstić information content (AvgIpc) is 2.72. The summed E-state index contributed by atoms with van der Waals surface area (Å²) in [7, 11) is 2.85. The molecule has 0 unspecified atom stereocenters. The summed E-state index contributed by atoms with van der Waals surface area (Å²) >= 11 is 0.753. The number of halogens is 3. The molecule has 0 bridgehead atoms. The van der Waals surface area contributed by atoms with Crippen LogP contribution in [0.5, 0.6) is 11.5 Å². The number of methoxy groups -OCH3 is 2. The van der Waals surface area contributed by atoms with E-state index in [1.54, 1.807) is 12.1 Å². The maximum atomic E-state index is 13.4. The highest BCUT2D eigenvalue weighted by Crippen LogP contribution is 2.36. The van der Waals surface area contributed by atoms with E-state index < -0.39 is 16.8 Å². The Balaban J connectivity index is 2.03. The quantitative estimate of drug-likeness (QED) is 0.312. The van der Waals surface area contributed by atoms with Crippen molar-refractivity contribution in [2.75, 3.05) is 14.2 Å². The molecule has 0 saturated carbocycles. The summed E-state index contributed by atoms with van der Waals surface area (Å²) in [4.78, 5) is 21.7. The van der Waals surface area contributed by atoms with Gasteiger partial charge in [-0.15, -0.1) is 0 Å². The van der Waals surface area contributed by atoms with Crippen LogP contribution in [0.2, 0.25) is 0 Å². The molecular weight excluding hydrogens is 425 g/mol. The Bertz CT molecular complexity index is 1080. The third-order valence-electron chi connectivity index (χ3n) is 3.80. The first-order chi connectivity index (χ1) is 14.2. The van der Waals surface area contributed by atoms with E-state index in [4.69, 9.17) is 9.47 Å². The van der Waals surface area contributed by atoms with Crippen LogP contribution >= 0.6 is 11.8 Å². The smallest absolute Gasteiger partial charge is 0.433 e. The number of nitrogens with zero attached hydrogens (tertiary/aromatic N) is 4. The minimum absolute atomic E-state index is 0.0164. The van der Waals surface area contributed by atoms with Crippen LogP contribution in [0.4, 0.5) is 18.9 Å². The molecule has 1 aromatic carbocycles. The van der Waals surface area contributed by atoms with Crippen LogP contribution in [0.1, 0.15) is 5.69 Å². The molecule has 0 radical (unpaired) electrons. The van der Waals surface area contributed by atoms with Gasteiger partial charge in [-0.1, -0.05) is 0 Å². The molecule has 156 valence electrons. The predicted molar refractivity (Wildman–Crippen MR) is 101 cm³/mol. The Hall–Kier alpha value is -3.41. The van der Waals surface area contributed by atoms with Crippen LogP contribution < -0.4 is 9.47 Å². The lowest BCUT2D eigenvalue weighted by Crippen LogP contribution is -2.10. The van der Waals surface area contributed by atoms with Crippen molar-refractivity contribution >= 4 is 17.4 Å². The van der Waals surface area contributed by atoms with Gasteiger partial charge in [0.25, 0.3) is 5.69 Å². The highest BCUT2D eigenvalue weighted by molar-refractivity contribution is 7.99. The van der Waals surface area contributed by atoms with Crippen molar-refractivity contribution in [3.8, 4) is 22.8 Å². The highest BCUT2D eigenvalue weighted by Gasteiger charge is 2.34. The Morgan fingerprint density at radius 2 is 1.77 bits per heavy atom. The molecule has 2 heterocycles. The van der Waals surface area contributed by atoms with E-state index in [-0.39, 0.29) is 21.6 Å². The standard InChI is InChI=1S/C18H13F3N4O4S/c1-28-13-5-3-10(7-14(13)29-2)12-8-15(18(19,20)21)24-17(23-12)30-16-6-4-11(9-22-16)25(26)27/h3-9H,1-2H3. The van der Waals surface area contributed by atoms with E-state index in [1.807, 2.05) is 0 Å². The predicted octanol–water partition coefficient (Wildman–Crippen LogP) is 4.63. The molecule has 0 saturated heterocycles. The molecule has 0 atom stereocenters. The van der Waals surface area contributed by atoms with E-state index in [0.29, 0.717) is 17.1 Å². The molecule has 2 aromatic heterocycles. The first-order valence-corrected chi connectivity index (χ1v) is 9.00. The number of pyridine rings is 1. The van der Waals surface area contributed by atoms with Crippen molar-refractivity contribution in [2.45, 2.75) is 16.4 Å². The number of nitro groups is 1. The lowest BCUT2D eigenvalue weighted by atomic mass is 10.1. The summed E-state index contributed by atoms with van der Waals surface area (Å²) < 4.78 is 50.4. The largest absolute Gasteiger partial charge is 0.493 e. The normalized spacial score (nSPS) is 11.2. The number of alkyl halides is 3. The summed E-state index contributed by atoms with van der Waals surface area (Å²) in [5.74, 6) is 0.740. The Labute approximate surface area is 172 Å². The van der Waals surface area contributed by atoms with Gasteiger partial charge in [0.15, 0.2) is 16.7 Å². The molecule has 8 nitrogen and oxygen atoms in total. The minimum Gasteiger partial charge on any atom is -0.493 e. The zero-order valence-corrected chi connectivity index (χ0v) is 16.3. The fraction of sp³-hybridized carbons (Fsp3) is 0.167. The van der Waals surface area contributed by atoms with E-state index >= 15 is 0 Å². The van der Waals surface area contributed by atoms with E-state index in [1.165, 1.54) is 32.4 Å². The van der Waals surface area contributed by atoms with Gasteiger partial charge in [0.05, 0.1) is 24.8 Å². The summed E-state index contributed by atoms with van der Waals surface area (Å²) in [6, 6.07) is 7.92. The van der Waals surface area contributed by atoms with Gasteiger partial charge in [-0.05, 0) is 42.1 Å². The van der Waals surface area contributed by atoms with Crippen LogP contribution in [0, 0.1) is 10.1 Å². The van der Waals surface area contributed by atoms with Crippen molar-refractivity contribution in [1.29, 1.82) is 0 Å². The summed E-state index contributed by atoms with van der Waals surface area (Å²) in [5, 5.41) is 10.7. The van der Waals surface area contributed by atoms with Crippen LogP contribution in [-0.2, 0) is 6.18 Å². The summed E-state index contributed by atoms with van der Waals surface area (Å²) in [5.41, 5.74) is -0.997. The maximum Gasteiger partial charge on any atom is 0.433 e. The van der Waals surface area contributed by atoms with Crippen LogP contribution in [-0.4, -0.2) is 34.1 Å². The van der Waals surface area contributed by atoms with Crippen LogP contribution in [0.15, 0.2) is 52.8 Å². The number of hydrogen-bond donors (Lipinski definition) is 0. The molecule has 0 amide bonds. The first-order valence-electron chi connectivity index (χ1n) is 8.18. The molecular formula is C18H13F3N4O4S. The molecule has 0 fully saturated rings. The Kier molecular flexibility index (Phi) is 6.06. The van der Waals surface area contributed by atoms with Crippen molar-refractivity contribution in [3.63, 3.8) is 0 Å². The second-order valence-electron chi connectivity index (χ2n) is 5.70. The van der Waals surface area contributed by atoms with Gasteiger partial charge >= 0.3 is 6.18 Å². The monoisotopic (exact) mass is 438 g/mol. The summed E-state index contributed by atoms with van der Waals surface area (Å²) in [6.45, 7) is 0. The molecule has 0 aliphatic rings. The molecule has 3 rings (SSSR count). The van der Waals surface area contributed by atoms with Crippen LogP contribution in [0.25, 0.3) is 11.3 Å². The molecule has 30 heavy (non-hydrogen) atoms. The van der Waals surface area contributed by atoms with Crippen molar-refractivity contribution in [2.24, 2.45) is 0 Å². The van der Waals surface area contributed by atoms with Gasteiger partial charge in [0.1, 0.15) is 16.9 Å². The zero-order valence-electron chi connectivity index (χ0n) is 15.5. The zero-order chi connectivity index (χ0) is 21.9. The third kappa shape index (κ3) is 4.76. The lowest BCUT2D eigenvalue weighted by Gasteiger charge is -2.12. The molecule has 0 aliphatic heterocycles. The average molecular weight is 438 g/mol. The molecule has 0 N–H and O–H groups in total. The van der Waals surface area contributed by atoms with E-state index in [0.717, 1.165) is 24.0 Å². The van der Waals surface area contributed by atoms with Crippen molar-refractivity contribution in [3.05, 3.63) is 58.4 Å². The maximum absolute atomic E-state index is 13.4.